The Bertz CT molecular complexity index is 1150. The molecule has 1 aliphatic heterocycles. The lowest BCUT2D eigenvalue weighted by Crippen LogP contribution is -2.42. The number of nitrogens with zero attached hydrogens (tertiary/aromatic N) is 5. The van der Waals surface area contributed by atoms with Gasteiger partial charge in [0.25, 0.3) is 0 Å². The van der Waals surface area contributed by atoms with Crippen LogP contribution in [-0.2, 0) is 14.4 Å². The number of allylic oxidation sites excluding steroid dienone is 2. The van der Waals surface area contributed by atoms with Crippen molar-refractivity contribution in [3.63, 3.8) is 0 Å². The van der Waals surface area contributed by atoms with E-state index in [1.807, 2.05) is 42.1 Å². The molecule has 0 aliphatic carbocycles. The van der Waals surface area contributed by atoms with Crippen LogP contribution in [0.25, 0.3) is 11.3 Å². The molecule has 2 heterocycles. The van der Waals surface area contributed by atoms with Gasteiger partial charge in [-0.25, -0.2) is 9.07 Å². The third kappa shape index (κ3) is 11.1. The molecule has 3 rings (SSSR count). The van der Waals surface area contributed by atoms with Crippen molar-refractivity contribution in [3.8, 4) is 5.69 Å². The van der Waals surface area contributed by atoms with Crippen molar-refractivity contribution in [3.05, 3.63) is 59.0 Å². The van der Waals surface area contributed by atoms with Crippen molar-refractivity contribution in [2.75, 3.05) is 53.3 Å². The second kappa shape index (κ2) is 21.3. The summed E-state index contributed by atoms with van der Waals surface area (Å²) in [5, 5.41) is 19.0. The second-order valence-electron chi connectivity index (χ2n) is 8.53. The van der Waals surface area contributed by atoms with Crippen LogP contribution >= 0.6 is 15.9 Å². The van der Waals surface area contributed by atoms with Crippen LogP contribution in [0.5, 0.6) is 0 Å². The average Bonchev–Trinajstić information content (AvgIpc) is 3.58. The maximum atomic E-state index is 14.1. The number of hydroxylamine groups is 2. The van der Waals surface area contributed by atoms with Gasteiger partial charge in [0.2, 0.25) is 6.41 Å². The number of aliphatic hydroxyl groups is 1. The third-order valence-corrected chi connectivity index (χ3v) is 6.58. The monoisotopic (exact) mass is 652 g/mol. The summed E-state index contributed by atoms with van der Waals surface area (Å²) >= 11 is 3.59. The lowest BCUT2D eigenvalue weighted by Gasteiger charge is -2.20. The first-order valence-electron chi connectivity index (χ1n) is 13.1. The Balaban J connectivity index is 0.000000399. The number of amides is 1. The number of carbonyl (C=O) groups is 1. The first-order valence-corrected chi connectivity index (χ1v) is 13.9. The molecule has 2 aromatic rings. The molecule has 1 aliphatic rings. The van der Waals surface area contributed by atoms with E-state index in [9.17, 15) is 9.18 Å². The molecule has 1 fully saturated rings. The number of rotatable bonds is 14. The van der Waals surface area contributed by atoms with Crippen LogP contribution in [-0.4, -0.2) is 106 Å². The topological polar surface area (TPSA) is 152 Å². The van der Waals surface area contributed by atoms with Crippen LogP contribution in [0.3, 0.4) is 0 Å². The minimum atomic E-state index is -1.15. The minimum Gasteiger partial charge on any atom is -0.405 e. The number of hydrogen-bond acceptors (Lipinski definition) is 10. The molecule has 232 valence electrons. The van der Waals surface area contributed by atoms with E-state index in [4.69, 9.17) is 20.4 Å². The van der Waals surface area contributed by atoms with Crippen molar-refractivity contribution in [1.29, 1.82) is 0 Å². The van der Waals surface area contributed by atoms with Crippen molar-refractivity contribution < 1.29 is 23.9 Å². The van der Waals surface area contributed by atoms with Crippen LogP contribution in [0.2, 0.25) is 0 Å². The Kier molecular flexibility index (Phi) is 18.6. The van der Waals surface area contributed by atoms with Crippen LogP contribution in [0.1, 0.15) is 18.5 Å². The lowest BCUT2D eigenvalue weighted by atomic mass is 10.0. The zero-order valence-electron chi connectivity index (χ0n) is 24.5. The molecule has 1 unspecified atom stereocenters. The number of aromatic nitrogens is 2. The molecule has 1 saturated heterocycles. The number of para-hydroxylation sites is 1. The second-order valence-corrected chi connectivity index (χ2v) is 9.32. The number of alkyl halides is 1. The fourth-order valence-corrected chi connectivity index (χ4v) is 4.64. The number of hydrogen-bond donors (Lipinski definition) is 4. The lowest BCUT2D eigenvalue weighted by molar-refractivity contribution is -0.168. The van der Waals surface area contributed by atoms with Gasteiger partial charge in [-0.3, -0.25) is 19.6 Å². The molecule has 12 nitrogen and oxygen atoms in total. The number of halogens is 2. The van der Waals surface area contributed by atoms with Crippen molar-refractivity contribution >= 4 is 46.7 Å². The van der Waals surface area contributed by atoms with E-state index in [2.05, 4.69) is 48.4 Å². The molecule has 5 N–H and O–H groups in total. The Morgan fingerprint density at radius 2 is 2.12 bits per heavy atom. The molecule has 1 amide bonds. The Morgan fingerprint density at radius 1 is 1.40 bits per heavy atom. The molecule has 1 aromatic carbocycles. The number of aliphatic imine (C=N–C) groups is 2. The summed E-state index contributed by atoms with van der Waals surface area (Å²) in [7, 11) is 6.15. The van der Waals surface area contributed by atoms with Gasteiger partial charge in [0.1, 0.15) is 23.8 Å². The van der Waals surface area contributed by atoms with Gasteiger partial charge in [-0.05, 0) is 53.8 Å². The smallest absolute Gasteiger partial charge is 0.207 e. The largest absolute Gasteiger partial charge is 0.405 e. The molecule has 3 atom stereocenters. The number of carbonyl (C=O) groups excluding carboxylic acids is 1. The number of methoxy groups -OCH3 is 1. The number of anilines is 1. The van der Waals surface area contributed by atoms with E-state index in [1.54, 1.807) is 37.7 Å². The summed E-state index contributed by atoms with van der Waals surface area (Å²) in [5.41, 5.74) is 7.70. The number of ether oxygens (including phenoxy) is 1. The zero-order chi connectivity index (χ0) is 31.3. The summed E-state index contributed by atoms with van der Waals surface area (Å²) in [5.74, 6) is 0.857. The normalized spacial score (nSPS) is 17.7. The highest BCUT2D eigenvalue weighted by molar-refractivity contribution is 9.10. The highest BCUT2D eigenvalue weighted by Crippen LogP contribution is 2.32. The molecule has 0 bridgehead atoms. The van der Waals surface area contributed by atoms with Gasteiger partial charge >= 0.3 is 0 Å². The Labute approximate surface area is 255 Å². The quantitative estimate of drug-likeness (QED) is 0.180. The van der Waals surface area contributed by atoms with E-state index >= 15 is 0 Å². The first kappa shape index (κ1) is 36.6. The predicted molar refractivity (Wildman–Crippen MR) is 170 cm³/mol. The van der Waals surface area contributed by atoms with Gasteiger partial charge in [-0.15, -0.1) is 0 Å². The van der Waals surface area contributed by atoms with E-state index in [1.165, 1.54) is 6.20 Å². The zero-order valence-corrected chi connectivity index (χ0v) is 26.1. The van der Waals surface area contributed by atoms with Gasteiger partial charge in [0.05, 0.1) is 22.8 Å². The van der Waals surface area contributed by atoms with Gasteiger partial charge in [0.15, 0.2) is 0 Å². The van der Waals surface area contributed by atoms with E-state index in [0.29, 0.717) is 38.9 Å². The van der Waals surface area contributed by atoms with Gasteiger partial charge in [-0.2, -0.15) is 10.2 Å². The van der Waals surface area contributed by atoms with Gasteiger partial charge in [-0.1, -0.05) is 24.3 Å². The number of nitrogens with two attached hydrogens (primary N) is 1. The van der Waals surface area contributed by atoms with Gasteiger partial charge < -0.3 is 26.2 Å². The molecular formula is C28H42BrFN8O4. The first-order chi connectivity index (χ1) is 20.4. The van der Waals surface area contributed by atoms with Crippen molar-refractivity contribution in [2.45, 2.75) is 31.2 Å². The number of nitrogens with one attached hydrogen (secondary N) is 2. The minimum absolute atomic E-state index is 0.313. The van der Waals surface area contributed by atoms with Crippen LogP contribution in [0, 0.1) is 0 Å². The predicted octanol–water partition coefficient (Wildman–Crippen LogP) is 2.98. The molecule has 0 radical (unpaired) electrons. The maximum absolute atomic E-state index is 14.1. The van der Waals surface area contributed by atoms with Crippen molar-refractivity contribution in [2.24, 2.45) is 15.7 Å². The number of benzene rings is 1. The molecule has 14 heteroatoms. The molecule has 0 spiro atoms. The summed E-state index contributed by atoms with van der Waals surface area (Å²) in [6, 6.07) is 9.56. The van der Waals surface area contributed by atoms with Gasteiger partial charge in [0, 0.05) is 59.4 Å². The molecule has 1 aromatic heterocycles. The molecular weight excluding hydrogens is 611 g/mol. The summed E-state index contributed by atoms with van der Waals surface area (Å²) in [6.45, 7) is 4.98. The van der Waals surface area contributed by atoms with Crippen molar-refractivity contribution in [1.82, 2.24) is 20.2 Å². The summed E-state index contributed by atoms with van der Waals surface area (Å²) in [4.78, 5) is 23.9. The highest BCUT2D eigenvalue weighted by Gasteiger charge is 2.39. The Morgan fingerprint density at radius 3 is 2.69 bits per heavy atom. The summed E-state index contributed by atoms with van der Waals surface area (Å²) in [6.07, 6.45) is 6.06. The van der Waals surface area contributed by atoms with E-state index in [0.717, 1.165) is 34.4 Å². The van der Waals surface area contributed by atoms with E-state index in [-0.39, 0.29) is 6.04 Å². The van der Waals surface area contributed by atoms with E-state index < -0.39 is 12.3 Å². The van der Waals surface area contributed by atoms with Crippen LogP contribution in [0.4, 0.5) is 10.2 Å². The number of aliphatic hydroxyl groups excluding tert-OH is 1. The fourth-order valence-electron chi connectivity index (χ4n) is 3.97. The van der Waals surface area contributed by atoms with Crippen LogP contribution in [0.15, 0.2) is 63.3 Å². The molecule has 0 saturated carbocycles. The third-order valence-electron chi connectivity index (χ3n) is 5.83. The highest BCUT2D eigenvalue weighted by atomic mass is 79.9. The standard InChI is InChI=1S/C15H16BrN5.C12H22FN3O3.CH4O/c1-17-9-11(10-18-2)14-13(16)15(19-3)21(20-14)12-7-5-4-6-8-12;1-18-7-6-16-8-11(15-9-17)12(19-16)10(13)4-2-3-5-14;1-2/h4-10,19H,1H2,2-3H3;3,5,9-12H,2,4,6-8,14H2,1H3,(H,15,17);2H,1H3/b11-9+,18-10?;5-3-;/t;10?,11-,12+;/m.1./s1. The average molecular weight is 654 g/mol. The van der Waals surface area contributed by atoms with Crippen LogP contribution < -0.4 is 16.4 Å². The summed E-state index contributed by atoms with van der Waals surface area (Å²) < 4.78 is 21.7. The SMILES string of the molecule is C=N/C=C(\C=NC)c1nn(-c2ccccc2)c(NC)c1Br.CO.COCCN1C[C@@H](NC=O)[C@H](C(F)CC/C=C\N)O1. The fraction of sp³-hybridized carbons (Fsp3) is 0.429. The molecule has 42 heavy (non-hydrogen) atoms. The maximum Gasteiger partial charge on any atom is 0.207 e. The Hall–Kier alpha value is -3.43.